The lowest BCUT2D eigenvalue weighted by molar-refractivity contribution is 0.355. The van der Waals surface area contributed by atoms with Crippen molar-refractivity contribution in [2.75, 3.05) is 14.2 Å². The van der Waals surface area contributed by atoms with E-state index >= 15 is 0 Å². The summed E-state index contributed by atoms with van der Waals surface area (Å²) >= 11 is 0. The lowest BCUT2D eigenvalue weighted by Crippen LogP contribution is -1.97. The van der Waals surface area contributed by atoms with Gasteiger partial charge in [-0.3, -0.25) is 0 Å². The molecule has 0 saturated carbocycles. The molecule has 0 aliphatic rings. The Morgan fingerprint density at radius 2 is 1.71 bits per heavy atom. The van der Waals surface area contributed by atoms with Gasteiger partial charge in [0.05, 0.1) is 19.9 Å². The zero-order chi connectivity index (χ0) is 15.0. The Labute approximate surface area is 123 Å². The lowest BCUT2D eigenvalue weighted by Gasteiger charge is -2.08. The van der Waals surface area contributed by atoms with Crippen LogP contribution in [0.3, 0.4) is 0 Å². The average molecular weight is 283 g/mol. The van der Waals surface area contributed by atoms with Gasteiger partial charge in [0.1, 0.15) is 0 Å². The molecule has 3 rings (SSSR count). The van der Waals surface area contributed by atoms with Gasteiger partial charge in [0.2, 0.25) is 0 Å². The van der Waals surface area contributed by atoms with E-state index in [2.05, 4.69) is 10.1 Å². The van der Waals surface area contributed by atoms with Gasteiger partial charge in [-0.1, -0.05) is 0 Å². The number of fused-ring (bicyclic) bond motifs is 1. The molecule has 0 spiro atoms. The third-order valence-corrected chi connectivity index (χ3v) is 3.41. The fourth-order valence-corrected chi connectivity index (χ4v) is 2.42. The minimum Gasteiger partial charge on any atom is -0.493 e. The number of rotatable bonds is 3. The van der Waals surface area contributed by atoms with Gasteiger partial charge in [-0.05, 0) is 38.1 Å². The van der Waals surface area contributed by atoms with Crippen molar-refractivity contribution in [1.29, 1.82) is 0 Å². The molecule has 0 unspecified atom stereocenters. The summed E-state index contributed by atoms with van der Waals surface area (Å²) in [6.07, 6.45) is 0. The monoisotopic (exact) mass is 283 g/mol. The molecular formula is C16H17N3O2. The van der Waals surface area contributed by atoms with Crippen LogP contribution in [0.15, 0.2) is 30.3 Å². The Bertz CT molecular complexity index is 809. The molecule has 21 heavy (non-hydrogen) atoms. The van der Waals surface area contributed by atoms with Crippen molar-refractivity contribution in [2.45, 2.75) is 13.8 Å². The topological polar surface area (TPSA) is 48.7 Å². The number of hydrogen-bond acceptors (Lipinski definition) is 4. The zero-order valence-corrected chi connectivity index (χ0v) is 12.5. The molecule has 0 radical (unpaired) electrons. The fraction of sp³-hybridized carbons (Fsp3) is 0.250. The molecule has 0 N–H and O–H groups in total. The van der Waals surface area contributed by atoms with Crippen LogP contribution in [-0.2, 0) is 0 Å². The predicted molar refractivity (Wildman–Crippen MR) is 81.0 cm³/mol. The normalized spacial score (nSPS) is 10.9. The molecule has 2 aromatic heterocycles. The van der Waals surface area contributed by atoms with Crippen LogP contribution in [0.5, 0.6) is 11.5 Å². The summed E-state index contributed by atoms with van der Waals surface area (Å²) in [5.41, 5.74) is 4.72. The summed E-state index contributed by atoms with van der Waals surface area (Å²) in [4.78, 5) is 4.50. The van der Waals surface area contributed by atoms with Gasteiger partial charge >= 0.3 is 0 Å². The van der Waals surface area contributed by atoms with Crippen molar-refractivity contribution in [1.82, 2.24) is 14.6 Å². The maximum atomic E-state index is 5.34. The molecule has 0 saturated heterocycles. The van der Waals surface area contributed by atoms with Crippen LogP contribution < -0.4 is 9.47 Å². The lowest BCUT2D eigenvalue weighted by atomic mass is 10.1. The molecule has 3 aromatic rings. The fourth-order valence-electron chi connectivity index (χ4n) is 2.42. The second-order valence-corrected chi connectivity index (χ2v) is 4.91. The molecule has 0 aliphatic heterocycles. The summed E-state index contributed by atoms with van der Waals surface area (Å²) in [7, 11) is 3.25. The summed E-state index contributed by atoms with van der Waals surface area (Å²) in [6, 6.07) is 9.75. The van der Waals surface area contributed by atoms with E-state index in [0.29, 0.717) is 11.5 Å². The quantitative estimate of drug-likeness (QED) is 0.741. The Hall–Kier alpha value is -2.56. The molecule has 5 nitrogen and oxygen atoms in total. The highest BCUT2D eigenvalue weighted by molar-refractivity contribution is 5.67. The van der Waals surface area contributed by atoms with Crippen LogP contribution in [0.25, 0.3) is 16.9 Å². The molecular weight excluding hydrogens is 266 g/mol. The highest BCUT2D eigenvalue weighted by atomic mass is 16.5. The first-order chi connectivity index (χ1) is 10.1. The molecule has 0 amide bonds. The first-order valence-electron chi connectivity index (χ1n) is 6.69. The largest absolute Gasteiger partial charge is 0.493 e. The maximum Gasteiger partial charge on any atom is 0.161 e. The van der Waals surface area contributed by atoms with Gasteiger partial charge in [0.25, 0.3) is 0 Å². The molecule has 0 fully saturated rings. The first kappa shape index (κ1) is 13.4. The van der Waals surface area contributed by atoms with Crippen LogP contribution in [0.4, 0.5) is 0 Å². The number of aromatic nitrogens is 3. The van der Waals surface area contributed by atoms with Crippen LogP contribution in [0, 0.1) is 13.8 Å². The highest BCUT2D eigenvalue weighted by Gasteiger charge is 2.11. The van der Waals surface area contributed by atoms with E-state index in [1.165, 1.54) is 0 Å². The van der Waals surface area contributed by atoms with Gasteiger partial charge in [-0.2, -0.15) is 5.10 Å². The van der Waals surface area contributed by atoms with E-state index in [1.54, 1.807) is 14.2 Å². The van der Waals surface area contributed by atoms with E-state index < -0.39 is 0 Å². The van der Waals surface area contributed by atoms with Crippen LogP contribution in [0.2, 0.25) is 0 Å². The molecule has 5 heteroatoms. The number of methoxy groups -OCH3 is 2. The van der Waals surface area contributed by atoms with E-state index in [4.69, 9.17) is 9.47 Å². The third-order valence-electron chi connectivity index (χ3n) is 3.41. The van der Waals surface area contributed by atoms with Crippen molar-refractivity contribution in [3.63, 3.8) is 0 Å². The molecule has 108 valence electrons. The summed E-state index contributed by atoms with van der Waals surface area (Å²) in [5.74, 6) is 1.39. The minimum absolute atomic E-state index is 0.688. The Balaban J connectivity index is 2.14. The van der Waals surface area contributed by atoms with Crippen molar-refractivity contribution in [3.05, 3.63) is 41.7 Å². The summed E-state index contributed by atoms with van der Waals surface area (Å²) in [5, 5.41) is 4.61. The standard InChI is InChI=1S/C16H17N3O2/c1-10-7-11(2)19-16(17-10)9-13(18-19)12-5-6-14(20-3)15(8-12)21-4/h5-9H,1-4H3. The number of hydrogen-bond donors (Lipinski definition) is 0. The molecule has 0 atom stereocenters. The van der Waals surface area contributed by atoms with Crippen LogP contribution in [0.1, 0.15) is 11.4 Å². The second kappa shape index (κ2) is 5.09. The van der Waals surface area contributed by atoms with Gasteiger partial charge < -0.3 is 9.47 Å². The van der Waals surface area contributed by atoms with E-state index in [9.17, 15) is 0 Å². The SMILES string of the molecule is COc1ccc(-c2cc3nc(C)cc(C)n3n2)cc1OC. The zero-order valence-electron chi connectivity index (χ0n) is 12.5. The Kier molecular flexibility index (Phi) is 3.25. The highest BCUT2D eigenvalue weighted by Crippen LogP contribution is 2.32. The van der Waals surface area contributed by atoms with Crippen molar-refractivity contribution in [2.24, 2.45) is 0 Å². The van der Waals surface area contributed by atoms with Gasteiger partial charge in [0.15, 0.2) is 17.1 Å². The number of aryl methyl sites for hydroxylation is 2. The summed E-state index contributed by atoms with van der Waals surface area (Å²) < 4.78 is 12.4. The summed E-state index contributed by atoms with van der Waals surface area (Å²) in [6.45, 7) is 4.00. The average Bonchev–Trinajstić information content (AvgIpc) is 2.90. The Morgan fingerprint density at radius 1 is 0.952 bits per heavy atom. The van der Waals surface area contributed by atoms with E-state index in [0.717, 1.165) is 28.3 Å². The first-order valence-corrected chi connectivity index (χ1v) is 6.69. The van der Waals surface area contributed by atoms with E-state index in [-0.39, 0.29) is 0 Å². The predicted octanol–water partition coefficient (Wildman–Crippen LogP) is 3.03. The van der Waals surface area contributed by atoms with Crippen molar-refractivity contribution >= 4 is 5.65 Å². The number of ether oxygens (including phenoxy) is 2. The maximum absolute atomic E-state index is 5.34. The number of benzene rings is 1. The van der Waals surface area contributed by atoms with Gasteiger partial charge in [0, 0.05) is 23.0 Å². The third kappa shape index (κ3) is 2.31. The van der Waals surface area contributed by atoms with Crippen molar-refractivity contribution in [3.8, 4) is 22.8 Å². The molecule has 1 aromatic carbocycles. The molecule has 0 aliphatic carbocycles. The Morgan fingerprint density at radius 3 is 2.43 bits per heavy atom. The molecule has 0 bridgehead atoms. The van der Waals surface area contributed by atoms with Crippen LogP contribution in [-0.4, -0.2) is 28.8 Å². The second-order valence-electron chi connectivity index (χ2n) is 4.91. The minimum atomic E-state index is 0.688. The van der Waals surface area contributed by atoms with Gasteiger partial charge in [-0.25, -0.2) is 9.50 Å². The van der Waals surface area contributed by atoms with E-state index in [1.807, 2.05) is 48.7 Å². The number of nitrogens with zero attached hydrogens (tertiary/aromatic N) is 3. The van der Waals surface area contributed by atoms with Crippen molar-refractivity contribution < 1.29 is 9.47 Å². The smallest absolute Gasteiger partial charge is 0.161 e. The van der Waals surface area contributed by atoms with Gasteiger partial charge in [-0.15, -0.1) is 0 Å². The molecule has 2 heterocycles. The van der Waals surface area contributed by atoms with Crippen LogP contribution >= 0.6 is 0 Å².